The first-order valence-corrected chi connectivity index (χ1v) is 6.95. The molecule has 0 saturated carbocycles. The molecule has 0 radical (unpaired) electrons. The Bertz CT molecular complexity index is 468. The Balaban J connectivity index is 1.93. The summed E-state index contributed by atoms with van der Waals surface area (Å²) in [7, 11) is 0. The summed E-state index contributed by atoms with van der Waals surface area (Å²) >= 11 is 11.8. The lowest BCUT2D eigenvalue weighted by molar-refractivity contribution is -0.134. The van der Waals surface area contributed by atoms with E-state index in [-0.39, 0.29) is 18.6 Å². The van der Waals surface area contributed by atoms with E-state index in [0.717, 1.165) is 19.4 Å². The third-order valence-corrected chi connectivity index (χ3v) is 3.75. The number of nitrogens with two attached hydrogens (primary N) is 1. The van der Waals surface area contributed by atoms with Gasteiger partial charge in [0.15, 0.2) is 6.61 Å². The number of amides is 1. The van der Waals surface area contributed by atoms with Gasteiger partial charge in [-0.2, -0.15) is 0 Å². The molecule has 1 aliphatic rings. The normalized spacial score (nSPS) is 18.7. The Morgan fingerprint density at radius 2 is 2.26 bits per heavy atom. The van der Waals surface area contributed by atoms with E-state index < -0.39 is 0 Å². The highest BCUT2D eigenvalue weighted by Gasteiger charge is 2.27. The number of likely N-dealkylation sites (tertiary alicyclic amines) is 1. The molecule has 1 aliphatic heterocycles. The molecule has 1 heterocycles. The zero-order chi connectivity index (χ0) is 13.8. The lowest BCUT2D eigenvalue weighted by Gasteiger charge is -2.23. The number of hydrogen-bond donors (Lipinski definition) is 1. The summed E-state index contributed by atoms with van der Waals surface area (Å²) in [6.45, 7) is 1.21. The third-order valence-electron chi connectivity index (χ3n) is 3.21. The largest absolute Gasteiger partial charge is 0.482 e. The molecule has 1 aromatic rings. The average Bonchev–Trinajstić information content (AvgIpc) is 2.85. The molecule has 1 saturated heterocycles. The molecule has 1 unspecified atom stereocenters. The van der Waals surface area contributed by atoms with Crippen LogP contribution in [0.5, 0.6) is 5.75 Å². The van der Waals surface area contributed by atoms with Crippen molar-refractivity contribution >= 4 is 29.1 Å². The minimum absolute atomic E-state index is 0.0299. The maximum absolute atomic E-state index is 12.0. The van der Waals surface area contributed by atoms with Gasteiger partial charge in [-0.3, -0.25) is 4.79 Å². The highest BCUT2D eigenvalue weighted by molar-refractivity contribution is 6.35. The van der Waals surface area contributed by atoms with Gasteiger partial charge < -0.3 is 15.4 Å². The Hall–Kier alpha value is -0.970. The standard InChI is InChI=1S/C13H16Cl2N2O2/c14-9-3-4-12(11(15)6-9)19-8-13(18)17-5-1-2-10(17)7-16/h3-4,6,10H,1-2,5,7-8,16H2. The number of benzene rings is 1. The molecule has 104 valence electrons. The van der Waals surface area contributed by atoms with Gasteiger partial charge in [-0.15, -0.1) is 0 Å². The minimum atomic E-state index is -0.0565. The number of halogens is 2. The molecule has 0 spiro atoms. The highest BCUT2D eigenvalue weighted by atomic mass is 35.5. The van der Waals surface area contributed by atoms with Gasteiger partial charge in [-0.1, -0.05) is 23.2 Å². The Labute approximate surface area is 122 Å². The fraction of sp³-hybridized carbons (Fsp3) is 0.462. The molecular weight excluding hydrogens is 287 g/mol. The van der Waals surface area contributed by atoms with Gasteiger partial charge in [0.2, 0.25) is 0 Å². The summed E-state index contributed by atoms with van der Waals surface area (Å²) < 4.78 is 5.44. The van der Waals surface area contributed by atoms with Crippen molar-refractivity contribution in [3.05, 3.63) is 28.2 Å². The summed E-state index contributed by atoms with van der Waals surface area (Å²) in [6, 6.07) is 5.05. The topological polar surface area (TPSA) is 55.6 Å². The van der Waals surface area contributed by atoms with E-state index in [1.807, 2.05) is 0 Å². The number of carbonyl (C=O) groups excluding carboxylic acids is 1. The quantitative estimate of drug-likeness (QED) is 0.928. The van der Waals surface area contributed by atoms with Crippen molar-refractivity contribution in [3.8, 4) is 5.75 Å². The molecule has 0 bridgehead atoms. The first-order chi connectivity index (χ1) is 9.11. The number of hydrogen-bond acceptors (Lipinski definition) is 3. The number of carbonyl (C=O) groups is 1. The summed E-state index contributed by atoms with van der Waals surface area (Å²) in [5, 5.41) is 0.934. The van der Waals surface area contributed by atoms with Crippen LogP contribution in [-0.2, 0) is 4.79 Å². The maximum atomic E-state index is 12.0. The second kappa shape index (κ2) is 6.46. The highest BCUT2D eigenvalue weighted by Crippen LogP contribution is 2.27. The minimum Gasteiger partial charge on any atom is -0.482 e. The fourth-order valence-corrected chi connectivity index (χ4v) is 2.69. The fourth-order valence-electron chi connectivity index (χ4n) is 2.22. The second-order valence-corrected chi connectivity index (χ2v) is 5.33. The molecule has 1 atom stereocenters. The van der Waals surface area contributed by atoms with Crippen molar-refractivity contribution in [3.63, 3.8) is 0 Å². The molecule has 1 fully saturated rings. The van der Waals surface area contributed by atoms with Crippen LogP contribution in [0, 0.1) is 0 Å². The first kappa shape index (κ1) is 14.4. The Morgan fingerprint density at radius 1 is 1.47 bits per heavy atom. The van der Waals surface area contributed by atoms with Gasteiger partial charge in [-0.05, 0) is 31.0 Å². The number of nitrogens with zero attached hydrogens (tertiary/aromatic N) is 1. The Kier molecular flexibility index (Phi) is 4.91. The van der Waals surface area contributed by atoms with Gasteiger partial charge in [0, 0.05) is 24.2 Å². The van der Waals surface area contributed by atoms with Gasteiger partial charge in [-0.25, -0.2) is 0 Å². The first-order valence-electron chi connectivity index (χ1n) is 6.19. The van der Waals surface area contributed by atoms with E-state index >= 15 is 0 Å². The van der Waals surface area contributed by atoms with Crippen LogP contribution >= 0.6 is 23.2 Å². The van der Waals surface area contributed by atoms with Crippen LogP contribution in [0.1, 0.15) is 12.8 Å². The van der Waals surface area contributed by atoms with E-state index in [4.69, 9.17) is 33.7 Å². The van der Waals surface area contributed by atoms with Gasteiger partial charge >= 0.3 is 0 Å². The lowest BCUT2D eigenvalue weighted by atomic mass is 10.2. The van der Waals surface area contributed by atoms with E-state index in [0.29, 0.717) is 22.3 Å². The predicted octanol–water partition coefficient (Wildman–Crippen LogP) is 2.32. The zero-order valence-corrected chi connectivity index (χ0v) is 12.0. The van der Waals surface area contributed by atoms with Gasteiger partial charge in [0.1, 0.15) is 5.75 Å². The van der Waals surface area contributed by atoms with E-state index in [1.165, 1.54) is 0 Å². The van der Waals surface area contributed by atoms with Crippen LogP contribution in [0.25, 0.3) is 0 Å². The van der Waals surface area contributed by atoms with Gasteiger partial charge in [0.25, 0.3) is 5.91 Å². The predicted molar refractivity (Wildman–Crippen MR) is 75.7 cm³/mol. The molecule has 0 aliphatic carbocycles. The SMILES string of the molecule is NCC1CCCN1C(=O)COc1ccc(Cl)cc1Cl. The zero-order valence-electron chi connectivity index (χ0n) is 10.4. The average molecular weight is 303 g/mol. The van der Waals surface area contributed by atoms with Crippen molar-refractivity contribution in [2.45, 2.75) is 18.9 Å². The van der Waals surface area contributed by atoms with Crippen molar-refractivity contribution in [1.82, 2.24) is 4.90 Å². The summed E-state index contributed by atoms with van der Waals surface area (Å²) in [5.41, 5.74) is 5.64. The van der Waals surface area contributed by atoms with E-state index in [1.54, 1.807) is 23.1 Å². The maximum Gasteiger partial charge on any atom is 0.260 e. The van der Waals surface area contributed by atoms with Crippen molar-refractivity contribution in [2.75, 3.05) is 19.7 Å². The third kappa shape index (κ3) is 3.53. The monoisotopic (exact) mass is 302 g/mol. The number of ether oxygens (including phenoxy) is 1. The van der Waals surface area contributed by atoms with E-state index in [2.05, 4.69) is 0 Å². The molecular formula is C13H16Cl2N2O2. The summed E-state index contributed by atoms with van der Waals surface area (Å²) in [5.74, 6) is 0.405. The van der Waals surface area contributed by atoms with E-state index in [9.17, 15) is 4.79 Å². The van der Waals surface area contributed by atoms with Crippen LogP contribution < -0.4 is 10.5 Å². The molecule has 4 nitrogen and oxygen atoms in total. The number of rotatable bonds is 4. The smallest absolute Gasteiger partial charge is 0.260 e. The van der Waals surface area contributed by atoms with Crippen LogP contribution in [0.4, 0.5) is 0 Å². The van der Waals surface area contributed by atoms with Crippen LogP contribution in [-0.4, -0.2) is 36.5 Å². The molecule has 2 rings (SSSR count). The van der Waals surface area contributed by atoms with Crippen molar-refractivity contribution < 1.29 is 9.53 Å². The molecule has 2 N–H and O–H groups in total. The molecule has 1 amide bonds. The molecule has 1 aromatic carbocycles. The summed E-state index contributed by atoms with van der Waals surface area (Å²) in [6.07, 6.45) is 1.96. The second-order valence-electron chi connectivity index (χ2n) is 4.48. The molecule has 19 heavy (non-hydrogen) atoms. The van der Waals surface area contributed by atoms with Crippen LogP contribution in [0.2, 0.25) is 10.0 Å². The van der Waals surface area contributed by atoms with Gasteiger partial charge in [0.05, 0.1) is 5.02 Å². The van der Waals surface area contributed by atoms with Crippen LogP contribution in [0.15, 0.2) is 18.2 Å². The molecule has 0 aromatic heterocycles. The van der Waals surface area contributed by atoms with Crippen molar-refractivity contribution in [1.29, 1.82) is 0 Å². The Morgan fingerprint density at radius 3 is 2.95 bits per heavy atom. The molecule has 6 heteroatoms. The lowest BCUT2D eigenvalue weighted by Crippen LogP contribution is -2.42. The summed E-state index contributed by atoms with van der Waals surface area (Å²) in [4.78, 5) is 13.8. The van der Waals surface area contributed by atoms with Crippen LogP contribution in [0.3, 0.4) is 0 Å². The van der Waals surface area contributed by atoms with Crippen molar-refractivity contribution in [2.24, 2.45) is 5.73 Å².